The van der Waals surface area contributed by atoms with Crippen LogP contribution in [0.5, 0.6) is 5.88 Å². The molecule has 10 heteroatoms. The first-order valence-electron chi connectivity index (χ1n) is 8.86. The van der Waals surface area contributed by atoms with Crippen molar-refractivity contribution in [3.63, 3.8) is 0 Å². The van der Waals surface area contributed by atoms with Crippen LogP contribution in [0, 0.1) is 5.82 Å². The van der Waals surface area contributed by atoms with Gasteiger partial charge >= 0.3 is 0 Å². The maximum absolute atomic E-state index is 14.0. The zero-order chi connectivity index (χ0) is 19.5. The molecule has 0 spiro atoms. The van der Waals surface area contributed by atoms with Crippen molar-refractivity contribution in [2.75, 3.05) is 19.7 Å². The molecule has 0 saturated carbocycles. The lowest BCUT2D eigenvalue weighted by Crippen LogP contribution is -2.35. The lowest BCUT2D eigenvalue weighted by Gasteiger charge is -2.26. The number of nitrogens with one attached hydrogen (secondary N) is 2. The molecule has 0 aliphatic carbocycles. The molecule has 154 valence electrons. The van der Waals surface area contributed by atoms with Gasteiger partial charge in [-0.3, -0.25) is 4.79 Å². The van der Waals surface area contributed by atoms with Gasteiger partial charge < -0.3 is 14.8 Å². The van der Waals surface area contributed by atoms with Crippen LogP contribution in [-0.2, 0) is 9.53 Å². The van der Waals surface area contributed by atoms with Gasteiger partial charge in [0.1, 0.15) is 18.0 Å². The Hall–Kier alpha value is -2.26. The molecule has 2 atom stereocenters. The van der Waals surface area contributed by atoms with Gasteiger partial charge in [-0.25, -0.2) is 14.8 Å². The van der Waals surface area contributed by atoms with Gasteiger partial charge in [-0.05, 0) is 29.8 Å². The molecule has 2 aliphatic heterocycles. The summed E-state index contributed by atoms with van der Waals surface area (Å²) < 4.78 is 26.1. The highest BCUT2D eigenvalue weighted by Gasteiger charge is 2.30. The van der Waals surface area contributed by atoms with E-state index in [1.165, 1.54) is 12.1 Å². The molecule has 1 aromatic heterocycles. The Morgan fingerprint density at radius 1 is 1.31 bits per heavy atom. The highest BCUT2D eigenvalue weighted by atomic mass is 35.5. The topological polar surface area (TPSA) is 84.8 Å². The van der Waals surface area contributed by atoms with E-state index in [0.717, 1.165) is 0 Å². The van der Waals surface area contributed by atoms with Crippen molar-refractivity contribution in [1.82, 2.24) is 15.7 Å². The van der Waals surface area contributed by atoms with Crippen LogP contribution in [0.4, 0.5) is 4.39 Å². The quantitative estimate of drug-likeness (QED) is 0.762. The fourth-order valence-electron chi connectivity index (χ4n) is 3.18. The van der Waals surface area contributed by atoms with Crippen LogP contribution in [0.15, 0.2) is 41.6 Å². The van der Waals surface area contributed by atoms with Gasteiger partial charge in [-0.2, -0.15) is 5.10 Å². The van der Waals surface area contributed by atoms with E-state index in [0.29, 0.717) is 42.4 Å². The Morgan fingerprint density at radius 2 is 2.17 bits per heavy atom. The van der Waals surface area contributed by atoms with Crippen LogP contribution >= 0.6 is 24.0 Å². The van der Waals surface area contributed by atoms with E-state index in [1.54, 1.807) is 24.4 Å². The summed E-state index contributed by atoms with van der Waals surface area (Å²) >= 11 is 5.81. The lowest BCUT2D eigenvalue weighted by atomic mass is 10.0. The molecule has 2 aliphatic rings. The van der Waals surface area contributed by atoms with Crippen LogP contribution in [0.1, 0.15) is 23.7 Å². The fraction of sp³-hybridized carbons (Fsp3) is 0.316. The number of aromatic nitrogens is 1. The van der Waals surface area contributed by atoms with Crippen molar-refractivity contribution >= 4 is 35.6 Å². The Bertz CT molecular complexity index is 928. The zero-order valence-electron chi connectivity index (χ0n) is 15.2. The summed E-state index contributed by atoms with van der Waals surface area (Å²) in [5.74, 6) is -0.351. The standard InChI is InChI=1S/C19H18ClFN4O3.ClH/c20-13-4-3-11(8-14(13)21)18-16(10-22-6-7-27-18)28-19-12(2-1-5-23-19)15-9-17(26)25-24-15;/h1-5,8,16,18,22H,6-7,9-10H2,(H,25,26);1H/t16-,18+;/m0./s1. The third kappa shape index (κ3) is 4.84. The Labute approximate surface area is 178 Å². The van der Waals surface area contributed by atoms with E-state index < -0.39 is 18.0 Å². The Balaban J connectivity index is 0.00000240. The maximum Gasteiger partial charge on any atom is 0.246 e. The summed E-state index contributed by atoms with van der Waals surface area (Å²) in [5, 5.41) is 7.34. The minimum absolute atomic E-state index is 0. The van der Waals surface area contributed by atoms with E-state index in [9.17, 15) is 9.18 Å². The first kappa shape index (κ1) is 21.4. The molecule has 7 nitrogen and oxygen atoms in total. The molecule has 0 bridgehead atoms. The van der Waals surface area contributed by atoms with Crippen LogP contribution in [-0.4, -0.2) is 42.4 Å². The van der Waals surface area contributed by atoms with E-state index in [2.05, 4.69) is 20.8 Å². The van der Waals surface area contributed by atoms with Crippen LogP contribution in [0.2, 0.25) is 5.02 Å². The number of nitrogens with zero attached hydrogens (tertiary/aromatic N) is 2. The van der Waals surface area contributed by atoms with E-state index >= 15 is 0 Å². The lowest BCUT2D eigenvalue weighted by molar-refractivity contribution is -0.119. The number of rotatable bonds is 4. The van der Waals surface area contributed by atoms with Crippen molar-refractivity contribution in [2.45, 2.75) is 18.6 Å². The molecular formula is C19H19Cl2FN4O3. The molecule has 0 radical (unpaired) electrons. The molecule has 1 aromatic carbocycles. The van der Waals surface area contributed by atoms with E-state index in [4.69, 9.17) is 21.1 Å². The second-order valence-electron chi connectivity index (χ2n) is 6.45. The van der Waals surface area contributed by atoms with Gasteiger partial charge in [-0.15, -0.1) is 12.4 Å². The summed E-state index contributed by atoms with van der Waals surface area (Å²) in [6.07, 6.45) is 0.781. The summed E-state index contributed by atoms with van der Waals surface area (Å²) in [4.78, 5) is 15.8. The number of hydrazone groups is 1. The molecule has 3 heterocycles. The molecular weight excluding hydrogens is 422 g/mol. The average molecular weight is 441 g/mol. The Morgan fingerprint density at radius 3 is 2.93 bits per heavy atom. The second-order valence-corrected chi connectivity index (χ2v) is 6.86. The molecule has 2 N–H and O–H groups in total. The normalized spacial score (nSPS) is 21.6. The highest BCUT2D eigenvalue weighted by Crippen LogP contribution is 2.30. The molecule has 1 fully saturated rings. The molecule has 1 amide bonds. The monoisotopic (exact) mass is 440 g/mol. The molecule has 1 saturated heterocycles. The number of amides is 1. The molecule has 0 unspecified atom stereocenters. The number of hydrogen-bond acceptors (Lipinski definition) is 6. The van der Waals surface area contributed by atoms with Gasteiger partial charge in [0, 0.05) is 19.3 Å². The number of hydrogen-bond donors (Lipinski definition) is 2. The van der Waals surface area contributed by atoms with Gasteiger partial charge in [0.15, 0.2) is 0 Å². The van der Waals surface area contributed by atoms with Crippen molar-refractivity contribution in [3.05, 3.63) is 58.5 Å². The average Bonchev–Trinajstić information content (AvgIpc) is 2.99. The van der Waals surface area contributed by atoms with E-state index in [-0.39, 0.29) is 29.8 Å². The van der Waals surface area contributed by atoms with Crippen LogP contribution < -0.4 is 15.5 Å². The first-order valence-corrected chi connectivity index (χ1v) is 9.24. The SMILES string of the molecule is Cl.O=C1CC(c2cccnc2O[C@H]2CNCCO[C@@H]2c2ccc(Cl)c(F)c2)=NN1. The number of carbonyl (C=O) groups excluding carboxylic acids is 1. The Kier molecular flexibility index (Phi) is 7.02. The smallest absolute Gasteiger partial charge is 0.246 e. The molecule has 29 heavy (non-hydrogen) atoms. The fourth-order valence-corrected chi connectivity index (χ4v) is 3.30. The second kappa shape index (κ2) is 9.49. The summed E-state index contributed by atoms with van der Waals surface area (Å²) in [6, 6.07) is 8.13. The van der Waals surface area contributed by atoms with Gasteiger partial charge in [0.25, 0.3) is 0 Å². The van der Waals surface area contributed by atoms with Crippen molar-refractivity contribution in [1.29, 1.82) is 0 Å². The van der Waals surface area contributed by atoms with E-state index in [1.807, 2.05) is 0 Å². The van der Waals surface area contributed by atoms with Gasteiger partial charge in [-0.1, -0.05) is 17.7 Å². The highest BCUT2D eigenvalue weighted by molar-refractivity contribution is 6.30. The molecule has 2 aromatic rings. The predicted octanol–water partition coefficient (Wildman–Crippen LogP) is 2.63. The molecule has 4 rings (SSSR count). The van der Waals surface area contributed by atoms with Gasteiger partial charge in [0.05, 0.1) is 29.3 Å². The minimum atomic E-state index is -0.512. The zero-order valence-corrected chi connectivity index (χ0v) is 16.8. The number of carbonyl (C=O) groups is 1. The number of pyridine rings is 1. The van der Waals surface area contributed by atoms with Crippen LogP contribution in [0.25, 0.3) is 0 Å². The van der Waals surface area contributed by atoms with Gasteiger partial charge in [0.2, 0.25) is 11.8 Å². The third-order valence-corrected chi connectivity index (χ3v) is 4.83. The third-order valence-electron chi connectivity index (χ3n) is 4.52. The van der Waals surface area contributed by atoms with Crippen LogP contribution in [0.3, 0.4) is 0 Å². The first-order chi connectivity index (χ1) is 13.6. The summed E-state index contributed by atoms with van der Waals surface area (Å²) in [5.41, 5.74) is 4.25. The minimum Gasteiger partial charge on any atom is -0.469 e. The maximum atomic E-state index is 14.0. The summed E-state index contributed by atoms with van der Waals surface area (Å²) in [6.45, 7) is 1.58. The number of ether oxygens (including phenoxy) is 2. The largest absolute Gasteiger partial charge is 0.469 e. The number of halogens is 3. The van der Waals surface area contributed by atoms with Crippen molar-refractivity contribution in [2.24, 2.45) is 5.10 Å². The number of benzene rings is 1. The predicted molar refractivity (Wildman–Crippen MR) is 108 cm³/mol. The summed E-state index contributed by atoms with van der Waals surface area (Å²) in [7, 11) is 0. The van der Waals surface area contributed by atoms with Crippen molar-refractivity contribution < 1.29 is 18.7 Å². The van der Waals surface area contributed by atoms with Crippen molar-refractivity contribution in [3.8, 4) is 5.88 Å².